The van der Waals surface area contributed by atoms with Crippen LogP contribution in [0, 0.1) is 5.92 Å². The van der Waals surface area contributed by atoms with Crippen LogP contribution in [0.3, 0.4) is 0 Å². The maximum Gasteiger partial charge on any atom is -0.00297 e. The van der Waals surface area contributed by atoms with Gasteiger partial charge in [-0.2, -0.15) is 0 Å². The molecule has 0 saturated carbocycles. The molecule has 0 nitrogen and oxygen atoms in total. The van der Waals surface area contributed by atoms with Gasteiger partial charge in [0, 0.05) is 0 Å². The van der Waals surface area contributed by atoms with E-state index < -0.39 is 0 Å². The van der Waals surface area contributed by atoms with Gasteiger partial charge in [0.2, 0.25) is 0 Å². The highest BCUT2D eigenvalue weighted by atomic mass is 14.3. The molecule has 4 aromatic carbocycles. The molecule has 0 radical (unpaired) electrons. The number of rotatable bonds is 3. The van der Waals surface area contributed by atoms with Crippen molar-refractivity contribution in [3.8, 4) is 11.1 Å². The maximum atomic E-state index is 2.52. The lowest BCUT2D eigenvalue weighted by Crippen LogP contribution is -2.33. The maximum absolute atomic E-state index is 2.52. The minimum absolute atomic E-state index is 0.689. The van der Waals surface area contributed by atoms with Crippen molar-refractivity contribution in [2.75, 3.05) is 0 Å². The Morgan fingerprint density at radius 2 is 1.45 bits per heavy atom. The van der Waals surface area contributed by atoms with Crippen LogP contribution in [0.25, 0.3) is 56.8 Å². The molecule has 0 amide bonds. The van der Waals surface area contributed by atoms with E-state index in [0.29, 0.717) is 5.92 Å². The highest BCUT2D eigenvalue weighted by Gasteiger charge is 2.24. The summed E-state index contributed by atoms with van der Waals surface area (Å²) < 4.78 is 0. The van der Waals surface area contributed by atoms with Crippen molar-refractivity contribution >= 4 is 45.7 Å². The van der Waals surface area contributed by atoms with Crippen molar-refractivity contribution in [2.24, 2.45) is 5.92 Å². The van der Waals surface area contributed by atoms with Gasteiger partial charge >= 0.3 is 0 Å². The van der Waals surface area contributed by atoms with Gasteiger partial charge in [-0.3, -0.25) is 0 Å². The smallest absolute Gasteiger partial charge is 0.00297 e. The Kier molecular flexibility index (Phi) is 5.51. The third-order valence-corrected chi connectivity index (χ3v) is 10.3. The van der Waals surface area contributed by atoms with Crippen LogP contribution >= 0.6 is 0 Å². The second kappa shape index (κ2) is 9.57. The van der Waals surface area contributed by atoms with Crippen molar-refractivity contribution in [1.82, 2.24) is 0 Å². The van der Waals surface area contributed by atoms with E-state index in [1.165, 1.54) is 94.6 Å². The molecule has 4 aromatic rings. The molecule has 0 N–H and O–H groups in total. The minimum atomic E-state index is 0.689. The number of benzene rings is 4. The summed E-state index contributed by atoms with van der Waals surface area (Å²) in [5.74, 6) is 0.689. The molecule has 0 heteroatoms. The van der Waals surface area contributed by atoms with Gasteiger partial charge in [-0.1, -0.05) is 115 Å². The molecule has 5 aliphatic carbocycles. The number of allylic oxidation sites excluding steroid dienone is 7. The van der Waals surface area contributed by atoms with Crippen LogP contribution < -0.4 is 20.9 Å². The second-order valence-electron chi connectivity index (χ2n) is 12.5. The molecule has 0 aromatic heterocycles. The van der Waals surface area contributed by atoms with Crippen molar-refractivity contribution in [1.29, 1.82) is 0 Å². The monoisotopic (exact) mass is 538 g/mol. The van der Waals surface area contributed by atoms with Crippen molar-refractivity contribution in [3.05, 3.63) is 140 Å². The topological polar surface area (TPSA) is 0 Å². The molecule has 5 aliphatic rings. The van der Waals surface area contributed by atoms with Gasteiger partial charge in [0.25, 0.3) is 0 Å². The van der Waals surface area contributed by atoms with E-state index in [0.717, 1.165) is 32.1 Å². The molecule has 0 heterocycles. The first kappa shape index (κ1) is 24.2. The van der Waals surface area contributed by atoms with E-state index in [9.17, 15) is 0 Å². The fourth-order valence-electron chi connectivity index (χ4n) is 8.29. The summed E-state index contributed by atoms with van der Waals surface area (Å²) in [6.45, 7) is 0. The van der Waals surface area contributed by atoms with Gasteiger partial charge in [-0.15, -0.1) is 0 Å². The van der Waals surface area contributed by atoms with E-state index in [1.807, 2.05) is 0 Å². The van der Waals surface area contributed by atoms with E-state index >= 15 is 0 Å². The summed E-state index contributed by atoms with van der Waals surface area (Å²) in [5, 5.41) is 8.55. The summed E-state index contributed by atoms with van der Waals surface area (Å²) in [6.07, 6.45) is 27.1. The third-order valence-electron chi connectivity index (χ3n) is 10.3. The van der Waals surface area contributed by atoms with Crippen molar-refractivity contribution < 1.29 is 0 Å². The molecule has 1 unspecified atom stereocenters. The molecular weight excluding hydrogens is 504 g/mol. The summed E-state index contributed by atoms with van der Waals surface area (Å²) >= 11 is 0. The Morgan fingerprint density at radius 1 is 0.667 bits per heavy atom. The van der Waals surface area contributed by atoms with Crippen LogP contribution in [0.5, 0.6) is 0 Å². The predicted octanol–water partition coefficient (Wildman–Crippen LogP) is 7.71. The molecule has 9 rings (SSSR count). The van der Waals surface area contributed by atoms with E-state index in [1.54, 1.807) is 0 Å². The molecule has 0 aliphatic heterocycles. The molecule has 42 heavy (non-hydrogen) atoms. The van der Waals surface area contributed by atoms with E-state index in [2.05, 4.69) is 115 Å². The van der Waals surface area contributed by atoms with Crippen LogP contribution in [0.1, 0.15) is 61.6 Å². The summed E-state index contributed by atoms with van der Waals surface area (Å²) in [7, 11) is 0. The minimum Gasteiger partial charge on any atom is -0.0839 e. The number of fused-ring (bicyclic) bond motifs is 3. The van der Waals surface area contributed by atoms with Gasteiger partial charge in [0.1, 0.15) is 0 Å². The van der Waals surface area contributed by atoms with Crippen molar-refractivity contribution in [2.45, 2.75) is 44.9 Å². The quantitative estimate of drug-likeness (QED) is 0.251. The average Bonchev–Trinajstić information content (AvgIpc) is 3.48. The van der Waals surface area contributed by atoms with Crippen LogP contribution in [-0.2, 0) is 0 Å². The van der Waals surface area contributed by atoms with Gasteiger partial charge in [0.05, 0.1) is 0 Å². The van der Waals surface area contributed by atoms with Gasteiger partial charge < -0.3 is 0 Å². The highest BCUT2D eigenvalue weighted by Crippen LogP contribution is 2.39. The van der Waals surface area contributed by atoms with Crippen LogP contribution in [0.2, 0.25) is 0 Å². The Bertz CT molecular complexity index is 2190. The summed E-state index contributed by atoms with van der Waals surface area (Å²) in [6, 6.07) is 25.5. The van der Waals surface area contributed by atoms with E-state index in [-0.39, 0.29) is 0 Å². The zero-order valence-corrected chi connectivity index (χ0v) is 24.0. The zero-order chi connectivity index (χ0) is 27.6. The molecule has 0 bridgehead atoms. The van der Waals surface area contributed by atoms with Crippen LogP contribution in [0.4, 0.5) is 0 Å². The Labute approximate surface area is 247 Å². The summed E-state index contributed by atoms with van der Waals surface area (Å²) in [5.41, 5.74) is 13.0. The average molecular weight is 539 g/mol. The summed E-state index contributed by atoms with van der Waals surface area (Å²) in [4.78, 5) is 0. The first-order valence-electron chi connectivity index (χ1n) is 15.8. The largest absolute Gasteiger partial charge is 0.0839 e. The van der Waals surface area contributed by atoms with Gasteiger partial charge in [-0.25, -0.2) is 0 Å². The zero-order valence-electron chi connectivity index (χ0n) is 24.0. The second-order valence-corrected chi connectivity index (χ2v) is 12.5. The number of hydrogen-bond acceptors (Lipinski definition) is 0. The Balaban J connectivity index is 1.24. The lowest BCUT2D eigenvalue weighted by molar-refractivity contribution is 0.572. The number of hydrogen-bond donors (Lipinski definition) is 0. The fraction of sp³-hybridized carbons (Fsp3) is 0.190. The molecule has 0 fully saturated rings. The molecular formula is C42H34. The van der Waals surface area contributed by atoms with Gasteiger partial charge in [-0.05, 0) is 133 Å². The fourth-order valence-corrected chi connectivity index (χ4v) is 8.29. The van der Waals surface area contributed by atoms with Gasteiger partial charge in [0.15, 0.2) is 0 Å². The SMILES string of the molecule is C1=CCC2CCC(c3c4c(c(-c5ccc(C6=c7cccc8c7=C(C=C8)CC6)cc5)c5ccccc35)=CCCC=4)=CC2=C1. The lowest BCUT2D eigenvalue weighted by Gasteiger charge is -2.27. The Hall–Kier alpha value is -4.42. The molecule has 1 atom stereocenters. The standard InChI is InChI=1S/C42H34/c1-2-9-32-26-33(23-16-27(32)8-1)42-38-13-5-3-11-36(38)41(37-12-4-6-14-39(37)42)31-19-17-28(18-20-31)34-25-24-30-22-21-29-10-7-15-35(34)40(29)30/h1-3,5,7,9-15,17-22,26-27H,4,6,8,16,23-25H2. The Morgan fingerprint density at radius 3 is 2.31 bits per heavy atom. The first-order chi connectivity index (χ1) is 20.8. The molecule has 0 spiro atoms. The first-order valence-corrected chi connectivity index (χ1v) is 15.8. The normalized spacial score (nSPS) is 19.9. The third kappa shape index (κ3) is 3.68. The predicted molar refractivity (Wildman–Crippen MR) is 179 cm³/mol. The lowest BCUT2D eigenvalue weighted by atomic mass is 9.77. The van der Waals surface area contributed by atoms with Crippen LogP contribution in [-0.4, -0.2) is 0 Å². The molecule has 0 saturated heterocycles. The van der Waals surface area contributed by atoms with E-state index in [4.69, 9.17) is 0 Å². The van der Waals surface area contributed by atoms with Crippen molar-refractivity contribution in [3.63, 3.8) is 0 Å². The van der Waals surface area contributed by atoms with Crippen LogP contribution in [0.15, 0.2) is 103 Å². The molecule has 202 valence electrons. The highest BCUT2D eigenvalue weighted by molar-refractivity contribution is 6.04.